The van der Waals surface area contributed by atoms with Gasteiger partial charge in [-0.1, -0.05) is 37.6 Å². The van der Waals surface area contributed by atoms with Crippen molar-refractivity contribution in [3.05, 3.63) is 35.4 Å². The first-order chi connectivity index (χ1) is 9.29. The van der Waals surface area contributed by atoms with Crippen LogP contribution in [0.3, 0.4) is 0 Å². The number of carbonyl (C=O) groups excluding carboxylic acids is 1. The van der Waals surface area contributed by atoms with Gasteiger partial charge in [-0.2, -0.15) is 0 Å². The molecule has 1 aliphatic heterocycles. The Morgan fingerprint density at radius 3 is 2.63 bits per heavy atom. The maximum absolute atomic E-state index is 11.9. The summed E-state index contributed by atoms with van der Waals surface area (Å²) < 4.78 is 0. The number of aryl methyl sites for hydroxylation is 1. The quantitative estimate of drug-likeness (QED) is 0.851. The summed E-state index contributed by atoms with van der Waals surface area (Å²) in [7, 11) is 0. The Bertz CT molecular complexity index is 394. The van der Waals surface area contributed by atoms with Crippen LogP contribution in [0.5, 0.6) is 0 Å². The molecule has 0 spiro atoms. The lowest BCUT2D eigenvalue weighted by atomic mass is 10.0. The van der Waals surface area contributed by atoms with Gasteiger partial charge in [-0.3, -0.25) is 4.79 Å². The fourth-order valence-corrected chi connectivity index (χ4v) is 2.47. The maximum atomic E-state index is 11.9. The normalized spacial score (nSPS) is 19.1. The van der Waals surface area contributed by atoms with Gasteiger partial charge in [0.15, 0.2) is 0 Å². The van der Waals surface area contributed by atoms with Crippen molar-refractivity contribution in [1.29, 1.82) is 0 Å². The monoisotopic (exact) mass is 260 g/mol. The SMILES string of the molecule is CCc1ccc(CCNC(=O)C2CCCCN2)cc1. The summed E-state index contributed by atoms with van der Waals surface area (Å²) in [5.41, 5.74) is 2.65. The zero-order valence-corrected chi connectivity index (χ0v) is 11.7. The number of benzene rings is 1. The van der Waals surface area contributed by atoms with Crippen molar-refractivity contribution in [2.75, 3.05) is 13.1 Å². The number of nitrogens with one attached hydrogen (secondary N) is 2. The highest BCUT2D eigenvalue weighted by Crippen LogP contribution is 2.07. The molecule has 1 aliphatic rings. The van der Waals surface area contributed by atoms with E-state index in [4.69, 9.17) is 0 Å². The summed E-state index contributed by atoms with van der Waals surface area (Å²) >= 11 is 0. The van der Waals surface area contributed by atoms with Gasteiger partial charge in [0.1, 0.15) is 0 Å². The van der Waals surface area contributed by atoms with Gasteiger partial charge in [0.05, 0.1) is 6.04 Å². The van der Waals surface area contributed by atoms with Crippen LogP contribution in [0.2, 0.25) is 0 Å². The van der Waals surface area contributed by atoms with Crippen LogP contribution in [0, 0.1) is 0 Å². The van der Waals surface area contributed by atoms with Crippen LogP contribution in [-0.4, -0.2) is 25.0 Å². The minimum Gasteiger partial charge on any atom is -0.354 e. The largest absolute Gasteiger partial charge is 0.354 e. The Kier molecular flexibility index (Phi) is 5.40. The van der Waals surface area contributed by atoms with Gasteiger partial charge in [-0.25, -0.2) is 0 Å². The molecule has 2 rings (SSSR count). The highest BCUT2D eigenvalue weighted by Gasteiger charge is 2.19. The van der Waals surface area contributed by atoms with Crippen molar-refractivity contribution < 1.29 is 4.79 Å². The van der Waals surface area contributed by atoms with Crippen LogP contribution < -0.4 is 10.6 Å². The standard InChI is InChI=1S/C16H24N2O/c1-2-13-6-8-14(9-7-13)10-12-18-16(19)15-5-3-4-11-17-15/h6-9,15,17H,2-5,10-12H2,1H3,(H,18,19). The molecule has 3 nitrogen and oxygen atoms in total. The van der Waals surface area contributed by atoms with E-state index < -0.39 is 0 Å². The Hall–Kier alpha value is -1.35. The van der Waals surface area contributed by atoms with Gasteiger partial charge in [-0.05, 0) is 43.4 Å². The minimum atomic E-state index is 0.0243. The summed E-state index contributed by atoms with van der Waals surface area (Å²) in [6.45, 7) is 3.85. The molecule has 0 bridgehead atoms. The Labute approximate surface area is 115 Å². The molecule has 104 valence electrons. The molecule has 0 saturated carbocycles. The van der Waals surface area contributed by atoms with E-state index in [0.717, 1.165) is 38.8 Å². The fourth-order valence-electron chi connectivity index (χ4n) is 2.47. The summed E-state index contributed by atoms with van der Waals surface area (Å²) in [4.78, 5) is 11.9. The van der Waals surface area contributed by atoms with Crippen molar-refractivity contribution in [3.8, 4) is 0 Å². The molecule has 0 aliphatic carbocycles. The summed E-state index contributed by atoms with van der Waals surface area (Å²) in [5.74, 6) is 0.157. The lowest BCUT2D eigenvalue weighted by Crippen LogP contribution is -2.47. The zero-order valence-electron chi connectivity index (χ0n) is 11.7. The molecule has 1 amide bonds. The van der Waals surface area contributed by atoms with Crippen LogP contribution in [0.1, 0.15) is 37.3 Å². The smallest absolute Gasteiger partial charge is 0.237 e. The van der Waals surface area contributed by atoms with Gasteiger partial charge in [0.25, 0.3) is 0 Å². The Morgan fingerprint density at radius 1 is 1.26 bits per heavy atom. The molecule has 0 aromatic heterocycles. The van der Waals surface area contributed by atoms with Crippen molar-refractivity contribution in [2.24, 2.45) is 0 Å². The Balaban J connectivity index is 1.71. The van der Waals surface area contributed by atoms with E-state index in [0.29, 0.717) is 0 Å². The molecule has 2 N–H and O–H groups in total. The molecule has 1 unspecified atom stereocenters. The number of piperidine rings is 1. The second-order valence-electron chi connectivity index (χ2n) is 5.21. The zero-order chi connectivity index (χ0) is 13.5. The molecular formula is C16H24N2O. The van der Waals surface area contributed by atoms with E-state index in [9.17, 15) is 4.79 Å². The van der Waals surface area contributed by atoms with Gasteiger partial charge in [0, 0.05) is 6.54 Å². The Morgan fingerprint density at radius 2 is 2.00 bits per heavy atom. The molecular weight excluding hydrogens is 236 g/mol. The second-order valence-corrected chi connectivity index (χ2v) is 5.21. The van der Waals surface area contributed by atoms with E-state index in [1.807, 2.05) is 0 Å². The summed E-state index contributed by atoms with van der Waals surface area (Å²) in [5, 5.41) is 6.30. The maximum Gasteiger partial charge on any atom is 0.237 e. The van der Waals surface area contributed by atoms with Gasteiger partial charge in [-0.15, -0.1) is 0 Å². The highest BCUT2D eigenvalue weighted by atomic mass is 16.2. The van der Waals surface area contributed by atoms with E-state index in [2.05, 4.69) is 41.8 Å². The molecule has 1 aromatic rings. The molecule has 0 radical (unpaired) electrons. The molecule has 1 fully saturated rings. The number of amides is 1. The predicted molar refractivity (Wildman–Crippen MR) is 78.2 cm³/mol. The van der Waals surface area contributed by atoms with E-state index in [1.165, 1.54) is 17.5 Å². The van der Waals surface area contributed by atoms with Crippen molar-refractivity contribution in [1.82, 2.24) is 10.6 Å². The van der Waals surface area contributed by atoms with Crippen molar-refractivity contribution >= 4 is 5.91 Å². The summed E-state index contributed by atoms with van der Waals surface area (Å²) in [6, 6.07) is 8.67. The van der Waals surface area contributed by atoms with Crippen LogP contribution in [0.4, 0.5) is 0 Å². The average molecular weight is 260 g/mol. The van der Waals surface area contributed by atoms with E-state index in [-0.39, 0.29) is 11.9 Å². The molecule has 1 saturated heterocycles. The lowest BCUT2D eigenvalue weighted by molar-refractivity contribution is -0.123. The van der Waals surface area contributed by atoms with Crippen LogP contribution in [0.25, 0.3) is 0 Å². The third-order valence-corrected chi connectivity index (χ3v) is 3.77. The first-order valence-electron chi connectivity index (χ1n) is 7.38. The second kappa shape index (κ2) is 7.29. The predicted octanol–water partition coefficient (Wildman–Crippen LogP) is 2.05. The average Bonchev–Trinajstić information content (AvgIpc) is 2.49. The fraction of sp³-hybridized carbons (Fsp3) is 0.562. The van der Waals surface area contributed by atoms with Gasteiger partial charge < -0.3 is 10.6 Å². The number of rotatable bonds is 5. The topological polar surface area (TPSA) is 41.1 Å². The molecule has 19 heavy (non-hydrogen) atoms. The van der Waals surface area contributed by atoms with Crippen LogP contribution in [-0.2, 0) is 17.6 Å². The molecule has 1 heterocycles. The molecule has 1 aromatic carbocycles. The molecule has 1 atom stereocenters. The number of hydrogen-bond acceptors (Lipinski definition) is 2. The van der Waals surface area contributed by atoms with E-state index in [1.54, 1.807) is 0 Å². The number of carbonyl (C=O) groups is 1. The van der Waals surface area contributed by atoms with Gasteiger partial charge >= 0.3 is 0 Å². The minimum absolute atomic E-state index is 0.0243. The van der Waals surface area contributed by atoms with Crippen LogP contribution >= 0.6 is 0 Å². The first kappa shape index (κ1) is 14.1. The third kappa shape index (κ3) is 4.35. The summed E-state index contributed by atoms with van der Waals surface area (Å²) in [6.07, 6.45) is 5.29. The first-order valence-corrected chi connectivity index (χ1v) is 7.38. The van der Waals surface area contributed by atoms with Crippen molar-refractivity contribution in [3.63, 3.8) is 0 Å². The lowest BCUT2D eigenvalue weighted by Gasteiger charge is -2.22. The van der Waals surface area contributed by atoms with E-state index >= 15 is 0 Å². The number of hydrogen-bond donors (Lipinski definition) is 2. The third-order valence-electron chi connectivity index (χ3n) is 3.77. The van der Waals surface area contributed by atoms with Crippen LogP contribution in [0.15, 0.2) is 24.3 Å². The van der Waals surface area contributed by atoms with Crippen molar-refractivity contribution in [2.45, 2.75) is 45.1 Å². The van der Waals surface area contributed by atoms with Gasteiger partial charge in [0.2, 0.25) is 5.91 Å². The highest BCUT2D eigenvalue weighted by molar-refractivity contribution is 5.81. The molecule has 3 heteroatoms.